The number of carbonyl (C=O) groups is 2. The number of hydrogen-bond acceptors (Lipinski definition) is 4. The Kier molecular flexibility index (Phi) is 3.22. The monoisotopic (exact) mass is 304 g/mol. The fourth-order valence-corrected chi connectivity index (χ4v) is 2.64. The van der Waals surface area contributed by atoms with Gasteiger partial charge in [-0.1, -0.05) is 11.6 Å². The van der Waals surface area contributed by atoms with Crippen molar-refractivity contribution in [3.05, 3.63) is 46.4 Å². The molecule has 0 fully saturated rings. The van der Waals surface area contributed by atoms with E-state index in [1.807, 2.05) is 31.0 Å². The number of halogens is 1. The Balaban J connectivity index is 1.91. The number of fused-ring (bicyclic) bond motifs is 1. The quantitative estimate of drug-likeness (QED) is 0.885. The van der Waals surface area contributed by atoms with Crippen LogP contribution in [-0.2, 0) is 11.3 Å². The van der Waals surface area contributed by atoms with Gasteiger partial charge in [0.1, 0.15) is 11.5 Å². The molecule has 0 unspecified atom stereocenters. The Morgan fingerprint density at radius 1 is 1.29 bits per heavy atom. The second-order valence-electron chi connectivity index (χ2n) is 5.00. The zero-order valence-electron chi connectivity index (χ0n) is 11.6. The molecule has 6 heteroatoms. The lowest BCUT2D eigenvalue weighted by Crippen LogP contribution is -2.16. The summed E-state index contributed by atoms with van der Waals surface area (Å²) in [5.41, 5.74) is 1.53. The summed E-state index contributed by atoms with van der Waals surface area (Å²) in [5, 5.41) is 2.96. The van der Waals surface area contributed by atoms with Crippen LogP contribution in [0.2, 0.25) is 5.02 Å². The standard InChI is InChI=1S/C15H13ClN2O3/c1-8-3-4-9(21-8)7-18(2)13-6-12-10(5-11(13)16)14(19)15(20)17-12/h3-6H,7H2,1-2H3,(H,17,19,20). The lowest BCUT2D eigenvalue weighted by Gasteiger charge is -2.20. The third-order valence-corrected chi connectivity index (χ3v) is 3.69. The van der Waals surface area contributed by atoms with Gasteiger partial charge in [-0.15, -0.1) is 0 Å². The molecule has 0 saturated heterocycles. The lowest BCUT2D eigenvalue weighted by atomic mass is 10.1. The zero-order valence-corrected chi connectivity index (χ0v) is 12.3. The van der Waals surface area contributed by atoms with Gasteiger partial charge in [-0.25, -0.2) is 0 Å². The molecule has 1 N–H and O–H groups in total. The van der Waals surface area contributed by atoms with Gasteiger partial charge < -0.3 is 14.6 Å². The van der Waals surface area contributed by atoms with Gasteiger partial charge in [0.15, 0.2) is 0 Å². The maximum absolute atomic E-state index is 11.6. The first-order valence-electron chi connectivity index (χ1n) is 6.41. The first kappa shape index (κ1) is 13.7. The number of anilines is 2. The topological polar surface area (TPSA) is 62.6 Å². The summed E-state index contributed by atoms with van der Waals surface area (Å²) in [6.07, 6.45) is 0. The number of nitrogens with one attached hydrogen (secondary N) is 1. The van der Waals surface area contributed by atoms with Crippen LogP contribution in [0, 0.1) is 6.92 Å². The van der Waals surface area contributed by atoms with Crippen LogP contribution in [0.5, 0.6) is 0 Å². The van der Waals surface area contributed by atoms with Gasteiger partial charge in [-0.2, -0.15) is 0 Å². The van der Waals surface area contributed by atoms with E-state index >= 15 is 0 Å². The molecule has 21 heavy (non-hydrogen) atoms. The van der Waals surface area contributed by atoms with E-state index in [-0.39, 0.29) is 0 Å². The van der Waals surface area contributed by atoms with Crippen LogP contribution in [0.25, 0.3) is 0 Å². The first-order valence-corrected chi connectivity index (χ1v) is 6.79. The summed E-state index contributed by atoms with van der Waals surface area (Å²) in [6.45, 7) is 2.42. The summed E-state index contributed by atoms with van der Waals surface area (Å²) >= 11 is 6.22. The Bertz CT molecular complexity index is 751. The molecular formula is C15H13ClN2O3. The second-order valence-corrected chi connectivity index (χ2v) is 5.41. The van der Waals surface area contributed by atoms with E-state index < -0.39 is 11.7 Å². The predicted octanol–water partition coefficient (Wildman–Crippen LogP) is 3.01. The van der Waals surface area contributed by atoms with Crippen LogP contribution >= 0.6 is 11.6 Å². The van der Waals surface area contributed by atoms with Crippen molar-refractivity contribution in [1.82, 2.24) is 0 Å². The van der Waals surface area contributed by atoms with Gasteiger partial charge in [0.25, 0.3) is 11.7 Å². The summed E-state index contributed by atoms with van der Waals surface area (Å²) in [4.78, 5) is 24.9. The van der Waals surface area contributed by atoms with Gasteiger partial charge in [0.2, 0.25) is 0 Å². The van der Waals surface area contributed by atoms with E-state index in [0.29, 0.717) is 22.8 Å². The summed E-state index contributed by atoms with van der Waals surface area (Å²) < 4.78 is 5.53. The molecule has 0 radical (unpaired) electrons. The van der Waals surface area contributed by atoms with Crippen molar-refractivity contribution in [3.8, 4) is 0 Å². The molecule has 3 rings (SSSR count). The minimum atomic E-state index is -0.623. The molecule has 0 aliphatic carbocycles. The van der Waals surface area contributed by atoms with Gasteiger partial charge >= 0.3 is 0 Å². The molecule has 1 aliphatic rings. The highest BCUT2D eigenvalue weighted by molar-refractivity contribution is 6.52. The number of rotatable bonds is 3. The lowest BCUT2D eigenvalue weighted by molar-refractivity contribution is -0.112. The largest absolute Gasteiger partial charge is 0.464 e. The average molecular weight is 305 g/mol. The summed E-state index contributed by atoms with van der Waals surface area (Å²) in [7, 11) is 1.87. The Morgan fingerprint density at radius 3 is 2.71 bits per heavy atom. The molecule has 2 heterocycles. The number of benzene rings is 1. The maximum Gasteiger partial charge on any atom is 0.296 e. The van der Waals surface area contributed by atoms with Crippen LogP contribution in [-0.4, -0.2) is 18.7 Å². The van der Waals surface area contributed by atoms with E-state index in [9.17, 15) is 9.59 Å². The van der Waals surface area contributed by atoms with Crippen LogP contribution in [0.15, 0.2) is 28.7 Å². The van der Waals surface area contributed by atoms with Crippen molar-refractivity contribution in [2.45, 2.75) is 13.5 Å². The molecule has 1 aromatic heterocycles. The van der Waals surface area contributed by atoms with E-state index in [1.54, 1.807) is 6.07 Å². The Morgan fingerprint density at radius 2 is 2.05 bits per heavy atom. The minimum absolute atomic E-state index is 0.316. The molecule has 5 nitrogen and oxygen atoms in total. The molecular weight excluding hydrogens is 292 g/mol. The smallest absolute Gasteiger partial charge is 0.296 e. The summed E-state index contributed by atoms with van der Waals surface area (Å²) in [6, 6.07) is 7.03. The van der Waals surface area contributed by atoms with Crippen LogP contribution < -0.4 is 10.2 Å². The average Bonchev–Trinajstić information content (AvgIpc) is 2.95. The van der Waals surface area contributed by atoms with Gasteiger partial charge in [-0.05, 0) is 31.2 Å². The maximum atomic E-state index is 11.6. The van der Waals surface area contributed by atoms with Crippen molar-refractivity contribution in [3.63, 3.8) is 0 Å². The molecule has 1 aliphatic heterocycles. The highest BCUT2D eigenvalue weighted by Crippen LogP contribution is 2.35. The predicted molar refractivity (Wildman–Crippen MR) is 80.0 cm³/mol. The number of carbonyl (C=O) groups excluding carboxylic acids is 2. The zero-order chi connectivity index (χ0) is 15.1. The number of ketones is 1. The normalized spacial score (nSPS) is 13.3. The molecule has 0 bridgehead atoms. The molecule has 0 spiro atoms. The van der Waals surface area contributed by atoms with E-state index in [2.05, 4.69) is 5.32 Å². The minimum Gasteiger partial charge on any atom is -0.464 e. The third-order valence-electron chi connectivity index (χ3n) is 3.39. The number of nitrogens with zero attached hydrogens (tertiary/aromatic N) is 1. The number of hydrogen-bond donors (Lipinski definition) is 1. The molecule has 0 saturated carbocycles. The molecule has 1 aromatic carbocycles. The number of amides is 1. The highest BCUT2D eigenvalue weighted by atomic mass is 35.5. The molecule has 1 amide bonds. The SMILES string of the molecule is Cc1ccc(CN(C)c2cc3c(cc2Cl)C(=O)C(=O)N3)o1. The van der Waals surface area contributed by atoms with Crippen molar-refractivity contribution in [2.24, 2.45) is 0 Å². The number of furan rings is 1. The van der Waals surface area contributed by atoms with Crippen molar-refractivity contribution in [1.29, 1.82) is 0 Å². The van der Waals surface area contributed by atoms with Gasteiger partial charge in [-0.3, -0.25) is 9.59 Å². The molecule has 108 valence electrons. The van der Waals surface area contributed by atoms with E-state index in [4.69, 9.17) is 16.0 Å². The first-order chi connectivity index (χ1) is 9.95. The second kappa shape index (κ2) is 4.93. The van der Waals surface area contributed by atoms with Gasteiger partial charge in [0, 0.05) is 7.05 Å². The van der Waals surface area contributed by atoms with Crippen molar-refractivity contribution >= 4 is 34.7 Å². The third kappa shape index (κ3) is 2.40. The molecule has 0 atom stereocenters. The fraction of sp³-hybridized carbons (Fsp3) is 0.200. The fourth-order valence-electron chi connectivity index (χ4n) is 2.34. The number of Topliss-reactive ketones (excluding diaryl/α,β-unsaturated/α-hetero) is 1. The van der Waals surface area contributed by atoms with Gasteiger partial charge in [0.05, 0.1) is 28.5 Å². The highest BCUT2D eigenvalue weighted by Gasteiger charge is 2.29. The van der Waals surface area contributed by atoms with E-state index in [0.717, 1.165) is 17.2 Å². The van der Waals surface area contributed by atoms with E-state index in [1.165, 1.54) is 6.07 Å². The van der Waals surface area contributed by atoms with Crippen LogP contribution in [0.3, 0.4) is 0 Å². The summed E-state index contributed by atoms with van der Waals surface area (Å²) in [5.74, 6) is 0.480. The number of aryl methyl sites for hydroxylation is 1. The Labute approximate surface area is 126 Å². The van der Waals surface area contributed by atoms with Crippen LogP contribution in [0.4, 0.5) is 11.4 Å². The Hall–Kier alpha value is -2.27. The van der Waals surface area contributed by atoms with Crippen LogP contribution in [0.1, 0.15) is 21.9 Å². The van der Waals surface area contributed by atoms with Crippen molar-refractivity contribution in [2.75, 3.05) is 17.3 Å². The van der Waals surface area contributed by atoms with Crippen molar-refractivity contribution < 1.29 is 14.0 Å². The molecule has 2 aromatic rings.